The lowest BCUT2D eigenvalue weighted by Gasteiger charge is -2.29. The molecule has 0 heterocycles. The van der Waals surface area contributed by atoms with Gasteiger partial charge in [0.25, 0.3) is 0 Å². The summed E-state index contributed by atoms with van der Waals surface area (Å²) in [6.07, 6.45) is 0. The van der Waals surface area contributed by atoms with E-state index in [9.17, 15) is 0 Å². The van der Waals surface area contributed by atoms with Gasteiger partial charge >= 0.3 is 0 Å². The maximum Gasteiger partial charge on any atom is 0.0540 e. The van der Waals surface area contributed by atoms with Gasteiger partial charge in [0.05, 0.1) is 5.69 Å². The Balaban J connectivity index is 1.18. The average molecular weight is 700 g/mol. The summed E-state index contributed by atoms with van der Waals surface area (Å²) in [7, 11) is 0. The summed E-state index contributed by atoms with van der Waals surface area (Å²) >= 11 is 0. The second kappa shape index (κ2) is 14.0. The largest absolute Gasteiger partial charge is 0.310 e. The quantitative estimate of drug-likeness (QED) is 0.150. The molecule has 0 N–H and O–H groups in total. The minimum Gasteiger partial charge on any atom is -0.310 e. The van der Waals surface area contributed by atoms with Crippen molar-refractivity contribution in [1.29, 1.82) is 0 Å². The zero-order chi connectivity index (χ0) is 36.6. The first-order valence-corrected chi connectivity index (χ1v) is 18.9. The van der Waals surface area contributed by atoms with Gasteiger partial charge in [-0.2, -0.15) is 0 Å². The maximum absolute atomic E-state index is 2.43. The summed E-state index contributed by atoms with van der Waals surface area (Å²) in [6.45, 7) is 0. The Morgan fingerprint density at radius 2 is 0.800 bits per heavy atom. The van der Waals surface area contributed by atoms with Gasteiger partial charge in [0.15, 0.2) is 0 Å². The predicted molar refractivity (Wildman–Crippen MR) is 235 cm³/mol. The zero-order valence-corrected chi connectivity index (χ0v) is 30.3. The highest BCUT2D eigenvalue weighted by atomic mass is 15.1. The molecule has 0 aliphatic heterocycles. The Bertz CT molecular complexity index is 2960. The molecule has 0 bridgehead atoms. The third-order valence-electron chi connectivity index (χ3n) is 10.8. The van der Waals surface area contributed by atoms with Crippen LogP contribution in [0.25, 0.3) is 76.8 Å². The second-order valence-corrected chi connectivity index (χ2v) is 14.1. The van der Waals surface area contributed by atoms with Crippen molar-refractivity contribution in [2.45, 2.75) is 0 Å². The van der Waals surface area contributed by atoms with Crippen LogP contribution >= 0.6 is 0 Å². The van der Waals surface area contributed by atoms with E-state index >= 15 is 0 Å². The molecule has 0 spiro atoms. The summed E-state index contributed by atoms with van der Waals surface area (Å²) in [5, 5.41) is 7.54. The van der Waals surface area contributed by atoms with Gasteiger partial charge in [-0.1, -0.05) is 182 Å². The molecule has 0 aliphatic rings. The summed E-state index contributed by atoms with van der Waals surface area (Å²) in [6, 6.07) is 81.5. The molecule has 258 valence electrons. The highest BCUT2D eigenvalue weighted by molar-refractivity contribution is 6.14. The van der Waals surface area contributed by atoms with Gasteiger partial charge in [-0.25, -0.2) is 0 Å². The number of anilines is 3. The number of benzene rings is 10. The Kier molecular flexibility index (Phi) is 8.24. The summed E-state index contributed by atoms with van der Waals surface area (Å²) in [5.74, 6) is 0. The lowest BCUT2D eigenvalue weighted by molar-refractivity contribution is 1.28. The van der Waals surface area contributed by atoms with Crippen LogP contribution in [0.4, 0.5) is 17.1 Å². The molecule has 0 atom stereocenters. The number of hydrogen-bond donors (Lipinski definition) is 0. The van der Waals surface area contributed by atoms with E-state index in [1.807, 2.05) is 0 Å². The molecule has 1 heteroatoms. The lowest BCUT2D eigenvalue weighted by Crippen LogP contribution is -2.11. The van der Waals surface area contributed by atoms with Crippen molar-refractivity contribution in [3.63, 3.8) is 0 Å². The lowest BCUT2D eigenvalue weighted by atomic mass is 9.92. The Morgan fingerprint density at radius 3 is 1.58 bits per heavy atom. The molecule has 0 radical (unpaired) electrons. The number of fused-ring (bicyclic) bond motifs is 4. The standard InChI is InChI=1S/C54H37N/c1-3-15-38(16-4-1)42-31-34-54(53(36-42)40-17-5-2-6-18-40)55(45-32-29-41(30-33-45)48-28-14-21-39-19-7-9-24-47(39)48)46-23-13-22-43(35-46)52-37-44-20-8-10-25-49(44)50-26-11-12-27-51(50)52/h1-37H. The Morgan fingerprint density at radius 1 is 0.236 bits per heavy atom. The minimum absolute atomic E-state index is 1.09. The van der Waals surface area contributed by atoms with Crippen LogP contribution in [0.15, 0.2) is 224 Å². The van der Waals surface area contributed by atoms with Gasteiger partial charge in [0.2, 0.25) is 0 Å². The van der Waals surface area contributed by atoms with Gasteiger partial charge in [0.1, 0.15) is 0 Å². The van der Waals surface area contributed by atoms with Crippen LogP contribution in [-0.2, 0) is 0 Å². The van der Waals surface area contributed by atoms with E-state index in [2.05, 4.69) is 229 Å². The third-order valence-corrected chi connectivity index (χ3v) is 10.8. The molecule has 10 aromatic carbocycles. The number of nitrogens with zero attached hydrogens (tertiary/aromatic N) is 1. The van der Waals surface area contributed by atoms with Gasteiger partial charge in [-0.15, -0.1) is 0 Å². The van der Waals surface area contributed by atoms with Crippen molar-refractivity contribution in [1.82, 2.24) is 0 Å². The Hall–Kier alpha value is -7.22. The van der Waals surface area contributed by atoms with Crippen molar-refractivity contribution in [3.05, 3.63) is 224 Å². The van der Waals surface area contributed by atoms with E-state index in [0.717, 1.165) is 17.1 Å². The SMILES string of the molecule is c1ccc(-c2ccc(N(c3ccc(-c4cccc5ccccc45)cc3)c3cccc(-c4cc5ccccc5c5ccccc45)c3)c(-c3ccccc3)c2)cc1. The van der Waals surface area contributed by atoms with Crippen molar-refractivity contribution in [2.75, 3.05) is 4.90 Å². The summed E-state index contributed by atoms with van der Waals surface area (Å²) in [4.78, 5) is 2.43. The first-order chi connectivity index (χ1) is 27.3. The van der Waals surface area contributed by atoms with Crippen molar-refractivity contribution >= 4 is 49.4 Å². The van der Waals surface area contributed by atoms with Gasteiger partial charge in [-0.05, 0) is 114 Å². The topological polar surface area (TPSA) is 3.24 Å². The molecule has 10 aromatic rings. The molecule has 0 unspecified atom stereocenters. The molecular formula is C54H37N. The number of rotatable bonds is 7. The van der Waals surface area contributed by atoms with Crippen LogP contribution in [0.3, 0.4) is 0 Å². The molecule has 10 rings (SSSR count). The van der Waals surface area contributed by atoms with Crippen LogP contribution in [0, 0.1) is 0 Å². The second-order valence-electron chi connectivity index (χ2n) is 14.1. The Labute approximate surface area is 322 Å². The van der Waals surface area contributed by atoms with E-state index in [-0.39, 0.29) is 0 Å². The van der Waals surface area contributed by atoms with Crippen LogP contribution < -0.4 is 4.90 Å². The van der Waals surface area contributed by atoms with E-state index in [1.54, 1.807) is 0 Å². The maximum atomic E-state index is 2.43. The molecule has 0 saturated heterocycles. The van der Waals surface area contributed by atoms with Crippen LogP contribution in [0.5, 0.6) is 0 Å². The predicted octanol–water partition coefficient (Wildman–Crippen LogP) is 15.3. The molecule has 0 aliphatic carbocycles. The molecule has 0 saturated carbocycles. The third kappa shape index (κ3) is 6.02. The average Bonchev–Trinajstić information content (AvgIpc) is 3.27. The van der Waals surface area contributed by atoms with Gasteiger partial charge in [0, 0.05) is 16.9 Å². The normalized spacial score (nSPS) is 11.3. The first kappa shape index (κ1) is 32.4. The van der Waals surface area contributed by atoms with Gasteiger partial charge in [-0.3, -0.25) is 0 Å². The van der Waals surface area contributed by atoms with E-state index < -0.39 is 0 Å². The molecule has 0 fully saturated rings. The summed E-state index contributed by atoms with van der Waals surface area (Å²) < 4.78 is 0. The fourth-order valence-electron chi connectivity index (χ4n) is 8.19. The highest BCUT2D eigenvalue weighted by Gasteiger charge is 2.20. The molecule has 0 aromatic heterocycles. The monoisotopic (exact) mass is 699 g/mol. The van der Waals surface area contributed by atoms with Crippen molar-refractivity contribution in [2.24, 2.45) is 0 Å². The van der Waals surface area contributed by atoms with E-state index in [1.165, 1.54) is 76.8 Å². The minimum atomic E-state index is 1.09. The van der Waals surface area contributed by atoms with E-state index in [0.29, 0.717) is 0 Å². The number of hydrogen-bond acceptors (Lipinski definition) is 1. The summed E-state index contributed by atoms with van der Waals surface area (Å²) in [5.41, 5.74) is 12.9. The van der Waals surface area contributed by atoms with Crippen LogP contribution in [-0.4, -0.2) is 0 Å². The molecule has 1 nitrogen and oxygen atoms in total. The molecular weight excluding hydrogens is 663 g/mol. The smallest absolute Gasteiger partial charge is 0.0540 e. The van der Waals surface area contributed by atoms with Crippen molar-refractivity contribution < 1.29 is 0 Å². The fourth-order valence-corrected chi connectivity index (χ4v) is 8.19. The van der Waals surface area contributed by atoms with Crippen LogP contribution in [0.2, 0.25) is 0 Å². The van der Waals surface area contributed by atoms with E-state index in [4.69, 9.17) is 0 Å². The molecule has 0 amide bonds. The van der Waals surface area contributed by atoms with Crippen LogP contribution in [0.1, 0.15) is 0 Å². The highest BCUT2D eigenvalue weighted by Crippen LogP contribution is 2.45. The fraction of sp³-hybridized carbons (Fsp3) is 0. The zero-order valence-electron chi connectivity index (χ0n) is 30.3. The molecule has 55 heavy (non-hydrogen) atoms. The van der Waals surface area contributed by atoms with Gasteiger partial charge < -0.3 is 4.90 Å². The first-order valence-electron chi connectivity index (χ1n) is 18.9. The van der Waals surface area contributed by atoms with Crippen molar-refractivity contribution in [3.8, 4) is 44.5 Å².